The van der Waals surface area contributed by atoms with Gasteiger partial charge in [-0.2, -0.15) is 18.4 Å². The minimum absolute atomic E-state index is 0.120. The van der Waals surface area contributed by atoms with E-state index in [4.69, 9.17) is 15.7 Å². The van der Waals surface area contributed by atoms with E-state index in [0.717, 1.165) is 12.1 Å². The first-order chi connectivity index (χ1) is 12.6. The van der Waals surface area contributed by atoms with Gasteiger partial charge < -0.3 is 15.4 Å². The molecule has 1 aromatic heterocycles. The normalized spacial score (nSPS) is 19.6. The van der Waals surface area contributed by atoms with Gasteiger partial charge >= 0.3 is 6.18 Å². The molecule has 1 unspecified atom stereocenters. The quantitative estimate of drug-likeness (QED) is 0.860. The standard InChI is InChI=1S/C19H19F3N4O/c1-18(2)11-26(16-7-6-13(9-23)17(24)25-16)10-15(27-18)12-4-3-5-14(8-12)19(20,21)22/h3-8,15H,10-11H2,1-2H3,(H2,24,25). The average molecular weight is 376 g/mol. The van der Waals surface area contributed by atoms with Crippen molar-refractivity contribution in [3.8, 4) is 6.07 Å². The molecule has 0 bridgehead atoms. The molecule has 2 heterocycles. The summed E-state index contributed by atoms with van der Waals surface area (Å²) in [5.41, 5.74) is 5.21. The lowest BCUT2D eigenvalue weighted by Gasteiger charge is -2.43. The lowest BCUT2D eigenvalue weighted by Crippen LogP contribution is -2.50. The van der Waals surface area contributed by atoms with Gasteiger partial charge in [0.05, 0.1) is 16.7 Å². The molecule has 142 valence electrons. The van der Waals surface area contributed by atoms with Crippen molar-refractivity contribution in [2.24, 2.45) is 0 Å². The number of rotatable bonds is 2. The van der Waals surface area contributed by atoms with Crippen molar-refractivity contribution in [3.63, 3.8) is 0 Å². The molecule has 5 nitrogen and oxygen atoms in total. The van der Waals surface area contributed by atoms with Crippen LogP contribution in [0.15, 0.2) is 36.4 Å². The Morgan fingerprint density at radius 1 is 1.30 bits per heavy atom. The zero-order chi connectivity index (χ0) is 19.8. The molecule has 0 radical (unpaired) electrons. The molecule has 2 N–H and O–H groups in total. The van der Waals surface area contributed by atoms with Crippen molar-refractivity contribution in [1.82, 2.24) is 4.98 Å². The SMILES string of the molecule is CC1(C)CN(c2ccc(C#N)c(N)n2)CC(c2cccc(C(F)(F)F)c2)O1. The predicted molar refractivity (Wildman–Crippen MR) is 94.9 cm³/mol. The molecule has 1 fully saturated rings. The Hall–Kier alpha value is -2.79. The van der Waals surface area contributed by atoms with Gasteiger partial charge in [0, 0.05) is 13.1 Å². The Morgan fingerprint density at radius 3 is 2.67 bits per heavy atom. The van der Waals surface area contributed by atoms with Crippen LogP contribution in [0, 0.1) is 11.3 Å². The van der Waals surface area contributed by atoms with Crippen molar-refractivity contribution in [2.75, 3.05) is 23.7 Å². The van der Waals surface area contributed by atoms with E-state index in [1.54, 1.807) is 18.2 Å². The lowest BCUT2D eigenvalue weighted by molar-refractivity contribution is -0.137. The van der Waals surface area contributed by atoms with Gasteiger partial charge in [-0.1, -0.05) is 12.1 Å². The summed E-state index contributed by atoms with van der Waals surface area (Å²) in [6, 6.07) is 10.4. The Morgan fingerprint density at radius 2 is 2.04 bits per heavy atom. The molecule has 8 heteroatoms. The van der Waals surface area contributed by atoms with Gasteiger partial charge in [0.2, 0.25) is 0 Å². The first-order valence-electron chi connectivity index (χ1n) is 8.35. The van der Waals surface area contributed by atoms with E-state index >= 15 is 0 Å². The van der Waals surface area contributed by atoms with E-state index < -0.39 is 23.4 Å². The summed E-state index contributed by atoms with van der Waals surface area (Å²) < 4.78 is 45.2. The number of morpholine rings is 1. The Labute approximate surface area is 155 Å². The molecule has 3 rings (SSSR count). The minimum atomic E-state index is -4.41. The summed E-state index contributed by atoms with van der Waals surface area (Å²) in [7, 11) is 0. The average Bonchev–Trinajstić information content (AvgIpc) is 2.59. The fraction of sp³-hybridized carbons (Fsp3) is 0.368. The number of nitriles is 1. The van der Waals surface area contributed by atoms with Crippen LogP contribution in [0.25, 0.3) is 0 Å². The maximum Gasteiger partial charge on any atom is 0.416 e. The van der Waals surface area contributed by atoms with Crippen LogP contribution in [0.3, 0.4) is 0 Å². The van der Waals surface area contributed by atoms with Crippen molar-refractivity contribution >= 4 is 11.6 Å². The summed E-state index contributed by atoms with van der Waals surface area (Å²) in [6.07, 6.45) is -4.97. The molecular weight excluding hydrogens is 357 g/mol. The number of benzene rings is 1. The third-order valence-corrected chi connectivity index (χ3v) is 4.36. The van der Waals surface area contributed by atoms with Crippen LogP contribution in [-0.2, 0) is 10.9 Å². The highest BCUT2D eigenvalue weighted by Crippen LogP contribution is 2.36. The minimum Gasteiger partial charge on any atom is -0.383 e. The van der Waals surface area contributed by atoms with E-state index in [1.165, 1.54) is 6.07 Å². The topological polar surface area (TPSA) is 75.2 Å². The molecule has 1 aliphatic rings. The zero-order valence-corrected chi connectivity index (χ0v) is 14.9. The maximum absolute atomic E-state index is 13.0. The van der Waals surface area contributed by atoms with Crippen molar-refractivity contribution < 1.29 is 17.9 Å². The third kappa shape index (κ3) is 4.14. The number of hydrogen-bond donors (Lipinski definition) is 1. The van der Waals surface area contributed by atoms with Crippen LogP contribution in [0.4, 0.5) is 24.8 Å². The van der Waals surface area contributed by atoms with E-state index in [1.807, 2.05) is 24.8 Å². The molecule has 1 aliphatic heterocycles. The highest BCUT2D eigenvalue weighted by atomic mass is 19.4. The van der Waals surface area contributed by atoms with Gasteiger partial charge in [-0.05, 0) is 43.7 Å². The second-order valence-electron chi connectivity index (χ2n) is 7.08. The van der Waals surface area contributed by atoms with Gasteiger partial charge in [0.1, 0.15) is 23.8 Å². The second-order valence-corrected chi connectivity index (χ2v) is 7.08. The fourth-order valence-electron chi connectivity index (χ4n) is 3.18. The highest BCUT2D eigenvalue weighted by Gasteiger charge is 2.36. The first-order valence-corrected chi connectivity index (χ1v) is 8.35. The Kier molecular flexibility index (Phi) is 4.74. The predicted octanol–water partition coefficient (Wildman–Crippen LogP) is 3.91. The van der Waals surface area contributed by atoms with Gasteiger partial charge in [-0.25, -0.2) is 4.98 Å². The number of aromatic nitrogens is 1. The number of nitrogens with zero attached hydrogens (tertiary/aromatic N) is 3. The van der Waals surface area contributed by atoms with Crippen LogP contribution < -0.4 is 10.6 Å². The number of nitrogen functional groups attached to an aromatic ring is 1. The van der Waals surface area contributed by atoms with Crippen molar-refractivity contribution in [2.45, 2.75) is 31.7 Å². The summed E-state index contributed by atoms with van der Waals surface area (Å²) in [6.45, 7) is 4.55. The Balaban J connectivity index is 1.92. The molecule has 27 heavy (non-hydrogen) atoms. The number of nitrogens with two attached hydrogens (primary N) is 1. The number of anilines is 2. The number of hydrogen-bond acceptors (Lipinski definition) is 5. The summed E-state index contributed by atoms with van der Waals surface area (Å²) in [4.78, 5) is 6.17. The molecular formula is C19H19F3N4O. The maximum atomic E-state index is 13.0. The van der Waals surface area contributed by atoms with Crippen molar-refractivity contribution in [1.29, 1.82) is 5.26 Å². The van der Waals surface area contributed by atoms with E-state index in [9.17, 15) is 13.2 Å². The summed E-state index contributed by atoms with van der Waals surface area (Å²) in [5, 5.41) is 8.99. The summed E-state index contributed by atoms with van der Waals surface area (Å²) >= 11 is 0. The van der Waals surface area contributed by atoms with E-state index in [0.29, 0.717) is 24.5 Å². The van der Waals surface area contributed by atoms with E-state index in [-0.39, 0.29) is 11.4 Å². The smallest absolute Gasteiger partial charge is 0.383 e. The molecule has 0 saturated carbocycles. The number of pyridine rings is 1. The van der Waals surface area contributed by atoms with Crippen molar-refractivity contribution in [3.05, 3.63) is 53.1 Å². The summed E-state index contributed by atoms with van der Waals surface area (Å²) in [5.74, 6) is 0.676. The fourth-order valence-corrected chi connectivity index (χ4v) is 3.18. The third-order valence-electron chi connectivity index (χ3n) is 4.36. The number of ether oxygens (including phenoxy) is 1. The second kappa shape index (κ2) is 6.74. The van der Waals surface area contributed by atoms with Crippen LogP contribution in [0.5, 0.6) is 0 Å². The van der Waals surface area contributed by atoms with Gasteiger partial charge in [0.15, 0.2) is 0 Å². The zero-order valence-electron chi connectivity index (χ0n) is 14.9. The molecule has 1 aromatic carbocycles. The molecule has 0 spiro atoms. The first kappa shape index (κ1) is 19.0. The molecule has 1 saturated heterocycles. The lowest BCUT2D eigenvalue weighted by atomic mass is 9.99. The van der Waals surface area contributed by atoms with Crippen LogP contribution in [0.2, 0.25) is 0 Å². The van der Waals surface area contributed by atoms with Gasteiger partial charge in [0.25, 0.3) is 0 Å². The monoisotopic (exact) mass is 376 g/mol. The molecule has 1 atom stereocenters. The molecule has 0 amide bonds. The van der Waals surface area contributed by atoms with Gasteiger partial charge in [-0.3, -0.25) is 0 Å². The molecule has 2 aromatic rings. The Bertz CT molecular complexity index is 889. The van der Waals surface area contributed by atoms with Crippen LogP contribution >= 0.6 is 0 Å². The van der Waals surface area contributed by atoms with Gasteiger partial charge in [-0.15, -0.1) is 0 Å². The van der Waals surface area contributed by atoms with Crippen LogP contribution in [0.1, 0.15) is 36.6 Å². The highest BCUT2D eigenvalue weighted by molar-refractivity contribution is 5.55. The number of halogens is 3. The largest absolute Gasteiger partial charge is 0.416 e. The van der Waals surface area contributed by atoms with Crippen LogP contribution in [-0.4, -0.2) is 23.7 Å². The van der Waals surface area contributed by atoms with E-state index in [2.05, 4.69) is 4.98 Å². The number of alkyl halides is 3. The molecule has 0 aliphatic carbocycles.